The van der Waals surface area contributed by atoms with E-state index in [1.165, 1.54) is 12.8 Å². The quantitative estimate of drug-likeness (QED) is 0.483. The van der Waals surface area contributed by atoms with Crippen molar-refractivity contribution in [3.8, 4) is 0 Å². The van der Waals surface area contributed by atoms with Crippen LogP contribution in [0.1, 0.15) is 72.1 Å². The third kappa shape index (κ3) is 8.17. The summed E-state index contributed by atoms with van der Waals surface area (Å²) < 4.78 is 0. The first-order chi connectivity index (χ1) is 15.5. The fourth-order valence-electron chi connectivity index (χ4n) is 4.06. The molecule has 0 bridgehead atoms. The van der Waals surface area contributed by atoms with Crippen LogP contribution in [0.5, 0.6) is 0 Å². The molecule has 3 amide bonds. The summed E-state index contributed by atoms with van der Waals surface area (Å²) in [6.07, 6.45) is 5.87. The van der Waals surface area contributed by atoms with E-state index < -0.39 is 6.04 Å². The predicted molar refractivity (Wildman–Crippen MR) is 130 cm³/mol. The van der Waals surface area contributed by atoms with Gasteiger partial charge < -0.3 is 20.4 Å². The maximum atomic E-state index is 12.9. The number of hydrogen-bond donors (Lipinski definition) is 2. The Hall–Kier alpha value is -2.57. The van der Waals surface area contributed by atoms with Gasteiger partial charge in [-0.1, -0.05) is 25.8 Å². The van der Waals surface area contributed by atoms with Crippen molar-refractivity contribution in [2.24, 2.45) is 0 Å². The van der Waals surface area contributed by atoms with Gasteiger partial charge in [0, 0.05) is 50.4 Å². The molecule has 7 heteroatoms. The second-order valence-electron chi connectivity index (χ2n) is 8.42. The number of unbranched alkanes of at least 4 members (excludes halogenated alkanes) is 1. The normalized spacial score (nSPS) is 14.2. The van der Waals surface area contributed by atoms with E-state index in [4.69, 9.17) is 0 Å². The molecule has 1 aliphatic heterocycles. The molecule has 1 aromatic carbocycles. The van der Waals surface area contributed by atoms with Crippen LogP contribution in [0, 0.1) is 0 Å². The van der Waals surface area contributed by atoms with Crippen molar-refractivity contribution in [1.29, 1.82) is 0 Å². The number of nitrogens with zero attached hydrogens (tertiary/aromatic N) is 2. The standard InChI is InChI=1S/C25H40N4O3/c1-4-7-14-22(27-23(30)15-11-16-24(31)28(5-2)6-3)25(32)26-20-12-10-13-21(19-20)29-17-8-9-18-29/h10,12-13,19,22H,4-9,11,14-18H2,1-3H3,(H,26,32)(H,27,30). The molecule has 178 valence electrons. The minimum Gasteiger partial charge on any atom is -0.371 e. The minimum absolute atomic E-state index is 0.0703. The number of carbonyl (C=O) groups is 3. The molecule has 1 saturated heterocycles. The molecule has 0 aromatic heterocycles. The molecule has 1 fully saturated rings. The lowest BCUT2D eigenvalue weighted by Gasteiger charge is -2.21. The van der Waals surface area contributed by atoms with E-state index in [9.17, 15) is 14.4 Å². The van der Waals surface area contributed by atoms with Crippen LogP contribution >= 0.6 is 0 Å². The molecule has 2 N–H and O–H groups in total. The molecule has 1 aliphatic rings. The van der Waals surface area contributed by atoms with Crippen LogP contribution in [0.2, 0.25) is 0 Å². The Morgan fingerprint density at radius 2 is 1.75 bits per heavy atom. The first-order valence-electron chi connectivity index (χ1n) is 12.2. The van der Waals surface area contributed by atoms with Crippen molar-refractivity contribution >= 4 is 29.1 Å². The Kier molecular flexibility index (Phi) is 11.0. The minimum atomic E-state index is -0.573. The monoisotopic (exact) mass is 444 g/mol. The Labute approximate surface area is 192 Å². The van der Waals surface area contributed by atoms with Crippen molar-refractivity contribution in [1.82, 2.24) is 10.2 Å². The van der Waals surface area contributed by atoms with Crippen molar-refractivity contribution in [2.75, 3.05) is 36.4 Å². The predicted octanol–water partition coefficient (Wildman–Crippen LogP) is 3.94. The van der Waals surface area contributed by atoms with Crippen molar-refractivity contribution < 1.29 is 14.4 Å². The Balaban J connectivity index is 1.89. The van der Waals surface area contributed by atoms with Gasteiger partial charge >= 0.3 is 0 Å². The number of rotatable bonds is 13. The number of amides is 3. The van der Waals surface area contributed by atoms with E-state index in [2.05, 4.69) is 28.5 Å². The second kappa shape index (κ2) is 13.8. The average molecular weight is 445 g/mol. The molecule has 7 nitrogen and oxygen atoms in total. The highest BCUT2D eigenvalue weighted by atomic mass is 16.2. The van der Waals surface area contributed by atoms with Gasteiger partial charge in [0.1, 0.15) is 6.04 Å². The third-order valence-corrected chi connectivity index (χ3v) is 5.99. The van der Waals surface area contributed by atoms with Gasteiger partial charge in [-0.25, -0.2) is 0 Å². The lowest BCUT2D eigenvalue weighted by Crippen LogP contribution is -2.43. The molecule has 1 aromatic rings. The van der Waals surface area contributed by atoms with E-state index in [1.54, 1.807) is 4.90 Å². The molecule has 1 atom stereocenters. The summed E-state index contributed by atoms with van der Waals surface area (Å²) in [6, 6.07) is 7.33. The van der Waals surface area contributed by atoms with E-state index in [1.807, 2.05) is 32.0 Å². The van der Waals surface area contributed by atoms with Crippen molar-refractivity contribution in [2.45, 2.75) is 78.2 Å². The van der Waals surface area contributed by atoms with Gasteiger partial charge in [-0.05, 0) is 57.7 Å². The molecular weight excluding hydrogens is 404 g/mol. The number of carbonyl (C=O) groups excluding carboxylic acids is 3. The number of hydrogen-bond acceptors (Lipinski definition) is 4. The highest BCUT2D eigenvalue weighted by Gasteiger charge is 2.21. The fourth-order valence-corrected chi connectivity index (χ4v) is 4.06. The molecule has 0 radical (unpaired) electrons. The summed E-state index contributed by atoms with van der Waals surface area (Å²) >= 11 is 0. The van der Waals surface area contributed by atoms with Gasteiger partial charge in [-0.15, -0.1) is 0 Å². The molecule has 1 unspecified atom stereocenters. The molecule has 32 heavy (non-hydrogen) atoms. The first kappa shape index (κ1) is 25.7. The lowest BCUT2D eigenvalue weighted by molar-refractivity contribution is -0.131. The SMILES string of the molecule is CCCCC(NC(=O)CCCC(=O)N(CC)CC)C(=O)Nc1cccc(N2CCCC2)c1. The maximum Gasteiger partial charge on any atom is 0.246 e. The Bertz CT molecular complexity index is 742. The van der Waals surface area contributed by atoms with E-state index in [0.29, 0.717) is 32.4 Å². The number of nitrogens with one attached hydrogen (secondary N) is 2. The molecule has 2 rings (SSSR count). The summed E-state index contributed by atoms with van der Waals surface area (Å²) in [4.78, 5) is 41.6. The number of anilines is 2. The van der Waals surface area contributed by atoms with Gasteiger partial charge in [-0.3, -0.25) is 14.4 Å². The zero-order valence-corrected chi connectivity index (χ0v) is 20.0. The van der Waals surface area contributed by atoms with Gasteiger partial charge in [0.15, 0.2) is 0 Å². The summed E-state index contributed by atoms with van der Waals surface area (Å²) in [5.74, 6) is -0.301. The summed E-state index contributed by atoms with van der Waals surface area (Å²) in [5, 5.41) is 5.87. The van der Waals surface area contributed by atoms with Crippen LogP contribution in [0.15, 0.2) is 24.3 Å². The highest BCUT2D eigenvalue weighted by Crippen LogP contribution is 2.23. The zero-order valence-electron chi connectivity index (χ0n) is 20.0. The van der Waals surface area contributed by atoms with Crippen LogP contribution in [-0.4, -0.2) is 54.8 Å². The topological polar surface area (TPSA) is 81.8 Å². The van der Waals surface area contributed by atoms with E-state index in [0.717, 1.165) is 37.3 Å². The highest BCUT2D eigenvalue weighted by molar-refractivity contribution is 5.97. The Morgan fingerprint density at radius 3 is 2.41 bits per heavy atom. The number of benzene rings is 1. The zero-order chi connectivity index (χ0) is 23.3. The summed E-state index contributed by atoms with van der Waals surface area (Å²) in [6.45, 7) is 9.42. The largest absolute Gasteiger partial charge is 0.371 e. The van der Waals surface area contributed by atoms with Crippen LogP contribution in [0.3, 0.4) is 0 Å². The summed E-state index contributed by atoms with van der Waals surface area (Å²) in [7, 11) is 0. The molecule has 0 saturated carbocycles. The van der Waals surface area contributed by atoms with Crippen LogP contribution in [0.25, 0.3) is 0 Å². The van der Waals surface area contributed by atoms with E-state index in [-0.39, 0.29) is 24.1 Å². The molecule has 0 aliphatic carbocycles. The Morgan fingerprint density at radius 1 is 1.03 bits per heavy atom. The summed E-state index contributed by atoms with van der Waals surface area (Å²) in [5.41, 5.74) is 1.87. The van der Waals surface area contributed by atoms with Crippen LogP contribution in [0.4, 0.5) is 11.4 Å². The van der Waals surface area contributed by atoms with Gasteiger partial charge in [0.05, 0.1) is 0 Å². The van der Waals surface area contributed by atoms with Gasteiger partial charge in [-0.2, -0.15) is 0 Å². The molecule has 1 heterocycles. The lowest BCUT2D eigenvalue weighted by atomic mass is 10.1. The smallest absolute Gasteiger partial charge is 0.246 e. The third-order valence-electron chi connectivity index (χ3n) is 5.99. The van der Waals surface area contributed by atoms with E-state index >= 15 is 0 Å². The average Bonchev–Trinajstić information content (AvgIpc) is 3.32. The second-order valence-corrected chi connectivity index (χ2v) is 8.42. The van der Waals surface area contributed by atoms with Crippen molar-refractivity contribution in [3.05, 3.63) is 24.3 Å². The van der Waals surface area contributed by atoms with Crippen molar-refractivity contribution in [3.63, 3.8) is 0 Å². The van der Waals surface area contributed by atoms with Crippen LogP contribution < -0.4 is 15.5 Å². The molecule has 0 spiro atoms. The first-order valence-corrected chi connectivity index (χ1v) is 12.2. The van der Waals surface area contributed by atoms with Gasteiger partial charge in [0.2, 0.25) is 17.7 Å². The van der Waals surface area contributed by atoms with Gasteiger partial charge in [0.25, 0.3) is 0 Å². The maximum absolute atomic E-state index is 12.9. The fraction of sp³-hybridized carbons (Fsp3) is 0.640. The molecular formula is C25H40N4O3. The van der Waals surface area contributed by atoms with Crippen LogP contribution in [-0.2, 0) is 14.4 Å².